The maximum Gasteiger partial charge on any atom is 0.276 e. The molecule has 280 valence electrons. The molecule has 2 saturated heterocycles. The Bertz CT molecular complexity index is 2190. The smallest absolute Gasteiger partial charge is 0.276 e. The Morgan fingerprint density at radius 3 is 1.74 bits per heavy atom. The Balaban J connectivity index is 0.000000152. The molecule has 0 amide bonds. The molecule has 2 fully saturated rings. The van der Waals surface area contributed by atoms with Gasteiger partial charge in [-0.2, -0.15) is 0 Å². The highest BCUT2D eigenvalue weighted by molar-refractivity contribution is 6.17. The number of aromatic amines is 1. The fourth-order valence-corrected chi connectivity index (χ4v) is 6.89. The Labute approximate surface area is 313 Å². The molecule has 6 heterocycles. The maximum absolute atomic E-state index is 13.0. The van der Waals surface area contributed by atoms with Crippen LogP contribution in [0.3, 0.4) is 0 Å². The van der Waals surface area contributed by atoms with Crippen LogP contribution in [0.25, 0.3) is 11.0 Å². The van der Waals surface area contributed by atoms with E-state index in [4.69, 9.17) is 30.5 Å². The van der Waals surface area contributed by atoms with Crippen LogP contribution in [0.15, 0.2) is 82.9 Å². The topological polar surface area (TPSA) is 126 Å². The fraction of sp³-hybridized carbons (Fsp3) is 0.400. The van der Waals surface area contributed by atoms with Crippen molar-refractivity contribution in [2.45, 2.75) is 63.8 Å². The zero-order valence-electron chi connectivity index (χ0n) is 30.7. The number of ether oxygens (including phenoxy) is 4. The second-order valence-corrected chi connectivity index (χ2v) is 13.5. The Morgan fingerprint density at radius 2 is 1.23 bits per heavy atom. The second kappa shape index (κ2) is 17.7. The maximum atomic E-state index is 13.0. The molecule has 2 aromatic carbocycles. The molecule has 13 heteroatoms. The summed E-state index contributed by atoms with van der Waals surface area (Å²) in [6.07, 6.45) is 11.2. The lowest BCUT2D eigenvalue weighted by molar-refractivity contribution is 0.0834. The van der Waals surface area contributed by atoms with E-state index in [0.717, 1.165) is 97.8 Å². The van der Waals surface area contributed by atoms with Crippen molar-refractivity contribution in [3.63, 3.8) is 0 Å². The van der Waals surface area contributed by atoms with Gasteiger partial charge in [-0.25, -0.2) is 9.97 Å². The number of aryl methyl sites for hydroxylation is 2. The number of benzene rings is 2. The zero-order valence-corrected chi connectivity index (χ0v) is 31.5. The summed E-state index contributed by atoms with van der Waals surface area (Å²) in [4.78, 5) is 36.5. The number of alkyl halides is 1. The summed E-state index contributed by atoms with van der Waals surface area (Å²) >= 11 is 5.58. The minimum atomic E-state index is -0.0733. The molecule has 0 saturated carbocycles. The second-order valence-electron chi connectivity index (χ2n) is 13.3. The van der Waals surface area contributed by atoms with Gasteiger partial charge in [0.1, 0.15) is 34.2 Å². The van der Waals surface area contributed by atoms with Crippen molar-refractivity contribution in [2.24, 2.45) is 0 Å². The van der Waals surface area contributed by atoms with Gasteiger partial charge in [0.05, 0.1) is 33.2 Å². The molecule has 4 aromatic heterocycles. The van der Waals surface area contributed by atoms with Crippen LogP contribution < -0.4 is 20.6 Å². The molecule has 0 atom stereocenters. The number of imidazole rings is 2. The number of H-pyrrole nitrogens is 1. The highest BCUT2D eigenvalue weighted by Gasteiger charge is 2.23. The lowest BCUT2D eigenvalue weighted by Crippen LogP contribution is -2.25. The number of aromatic nitrogens is 6. The molecule has 6 aromatic rings. The number of hydrogen-bond acceptors (Lipinski definition) is 8. The van der Waals surface area contributed by atoms with Crippen LogP contribution in [0.5, 0.6) is 11.5 Å². The van der Waals surface area contributed by atoms with Crippen LogP contribution in [0, 0.1) is 13.8 Å². The van der Waals surface area contributed by atoms with E-state index in [1.807, 2.05) is 83.6 Å². The number of halogens is 1. The molecule has 12 nitrogen and oxygen atoms in total. The molecule has 0 radical (unpaired) electrons. The number of nitrogens with zero attached hydrogens (tertiary/aromatic N) is 5. The monoisotopic (exact) mass is 742 g/mol. The van der Waals surface area contributed by atoms with Crippen LogP contribution in [0.1, 0.15) is 71.7 Å². The number of hydrogen-bond donors (Lipinski definition) is 1. The van der Waals surface area contributed by atoms with E-state index in [0.29, 0.717) is 35.3 Å². The van der Waals surface area contributed by atoms with Crippen molar-refractivity contribution in [2.75, 3.05) is 40.6 Å². The Morgan fingerprint density at radius 1 is 0.736 bits per heavy atom. The van der Waals surface area contributed by atoms with Gasteiger partial charge in [-0.1, -0.05) is 24.3 Å². The third-order valence-corrected chi connectivity index (χ3v) is 10.0. The fourth-order valence-electron chi connectivity index (χ4n) is 6.71. The van der Waals surface area contributed by atoms with Crippen LogP contribution in [-0.4, -0.2) is 69.0 Å². The van der Waals surface area contributed by atoms with E-state index in [1.54, 1.807) is 31.2 Å². The summed E-state index contributed by atoms with van der Waals surface area (Å²) in [5.74, 6) is 4.94. The van der Waals surface area contributed by atoms with Crippen molar-refractivity contribution in [3.8, 4) is 11.5 Å². The standard InChI is InChI=1S/C20H23N3O3.C12H15N3O2.C8H9ClO/c1-14-12-23-18(11-21-19(23)16-7-9-26-10-8-16)20(24)22(14)13-15-3-5-17(25-2)6-4-15;1-8-7-15-10(12(16)14-8)6-13-11(15)9-2-4-17-5-3-9;1-10-8-4-2-7(6-9)3-5-8/h3-6,11-12,16H,7-10,13H2,1-2H3;6-7,9H,2-5H2,1H3,(H,14,16);2-5H,6H2,1H3. The molecule has 0 bridgehead atoms. The van der Waals surface area contributed by atoms with Crippen molar-refractivity contribution in [1.29, 1.82) is 0 Å². The minimum absolute atomic E-state index is 0.00775. The van der Waals surface area contributed by atoms with Crippen molar-refractivity contribution in [3.05, 3.63) is 128 Å². The van der Waals surface area contributed by atoms with E-state index in [2.05, 4.69) is 15.0 Å². The first-order valence-electron chi connectivity index (χ1n) is 17.9. The van der Waals surface area contributed by atoms with Gasteiger partial charge in [0.25, 0.3) is 11.1 Å². The number of methoxy groups -OCH3 is 2. The average Bonchev–Trinajstić information content (AvgIpc) is 3.83. The first kappa shape index (κ1) is 37.8. The normalized spacial score (nSPS) is 15.0. The van der Waals surface area contributed by atoms with Crippen molar-refractivity contribution in [1.82, 2.24) is 28.3 Å². The number of fused-ring (bicyclic) bond motifs is 2. The number of rotatable bonds is 7. The van der Waals surface area contributed by atoms with E-state index >= 15 is 0 Å². The third kappa shape index (κ3) is 9.01. The molecular weight excluding hydrogens is 696 g/mol. The summed E-state index contributed by atoms with van der Waals surface area (Å²) in [6, 6.07) is 15.5. The summed E-state index contributed by atoms with van der Waals surface area (Å²) in [5.41, 5.74) is 5.12. The molecule has 0 spiro atoms. The predicted octanol–water partition coefficient (Wildman–Crippen LogP) is 6.41. The Hall–Kier alpha value is -4.91. The quantitative estimate of drug-likeness (QED) is 0.186. The van der Waals surface area contributed by atoms with Crippen molar-refractivity contribution >= 4 is 22.6 Å². The first-order valence-corrected chi connectivity index (χ1v) is 18.4. The molecule has 1 N–H and O–H groups in total. The lowest BCUT2D eigenvalue weighted by Gasteiger charge is -2.21. The van der Waals surface area contributed by atoms with Gasteiger partial charge >= 0.3 is 0 Å². The largest absolute Gasteiger partial charge is 0.497 e. The highest BCUT2D eigenvalue weighted by Crippen LogP contribution is 2.27. The van der Waals surface area contributed by atoms with Crippen LogP contribution in [0.4, 0.5) is 0 Å². The SMILES string of the molecule is COc1ccc(CCl)cc1.COc1ccc(Cn2c(C)cn3c(C4CCOCC4)ncc3c2=O)cc1.Cc1cn2c(C3CCOCC3)ncc2c(=O)[nH]1. The van der Waals surface area contributed by atoms with Gasteiger partial charge < -0.3 is 28.5 Å². The molecule has 53 heavy (non-hydrogen) atoms. The zero-order chi connectivity index (χ0) is 37.3. The van der Waals surface area contributed by atoms with Crippen LogP contribution in [-0.2, 0) is 21.9 Å². The van der Waals surface area contributed by atoms with Gasteiger partial charge in [0.15, 0.2) is 0 Å². The first-order chi connectivity index (χ1) is 25.8. The summed E-state index contributed by atoms with van der Waals surface area (Å²) < 4.78 is 26.7. The minimum Gasteiger partial charge on any atom is -0.497 e. The van der Waals surface area contributed by atoms with Crippen LogP contribution in [0.2, 0.25) is 0 Å². The highest BCUT2D eigenvalue weighted by atomic mass is 35.5. The Kier molecular flexibility index (Phi) is 12.7. The molecular formula is C40H47ClN6O6. The molecule has 2 aliphatic rings. The van der Waals surface area contributed by atoms with E-state index in [9.17, 15) is 9.59 Å². The average molecular weight is 743 g/mol. The van der Waals surface area contributed by atoms with Gasteiger partial charge in [-0.15, -0.1) is 11.6 Å². The lowest BCUT2D eigenvalue weighted by atomic mass is 10.00. The molecule has 0 unspecified atom stereocenters. The third-order valence-electron chi connectivity index (χ3n) is 9.71. The molecule has 0 aliphatic carbocycles. The summed E-state index contributed by atoms with van der Waals surface area (Å²) in [7, 11) is 3.29. The summed E-state index contributed by atoms with van der Waals surface area (Å²) in [5, 5.41) is 0. The van der Waals surface area contributed by atoms with Crippen molar-refractivity contribution < 1.29 is 18.9 Å². The van der Waals surface area contributed by atoms with Gasteiger partial charge in [0.2, 0.25) is 0 Å². The predicted molar refractivity (Wildman–Crippen MR) is 205 cm³/mol. The number of nitrogens with one attached hydrogen (secondary N) is 1. The van der Waals surface area contributed by atoms with E-state index in [-0.39, 0.29) is 11.1 Å². The summed E-state index contributed by atoms with van der Waals surface area (Å²) in [6.45, 7) is 7.46. The van der Waals surface area contributed by atoms with Gasteiger partial charge in [0, 0.05) is 67.9 Å². The van der Waals surface area contributed by atoms with Gasteiger partial charge in [-0.05, 0) is 74.9 Å². The van der Waals surface area contributed by atoms with E-state index in [1.165, 1.54) is 0 Å². The molecule has 8 rings (SSSR count). The van der Waals surface area contributed by atoms with Crippen LogP contribution >= 0.6 is 11.6 Å². The van der Waals surface area contributed by atoms with Gasteiger partial charge in [-0.3, -0.25) is 18.4 Å². The van der Waals surface area contributed by atoms with E-state index < -0.39 is 0 Å². The molecule has 2 aliphatic heterocycles.